The van der Waals surface area contributed by atoms with Crippen molar-refractivity contribution < 1.29 is 29.3 Å². The van der Waals surface area contributed by atoms with Gasteiger partial charge in [-0.15, -0.1) is 0 Å². The van der Waals surface area contributed by atoms with E-state index in [-0.39, 0.29) is 29.7 Å². The molecule has 2 fully saturated rings. The predicted molar refractivity (Wildman–Crippen MR) is 119 cm³/mol. The summed E-state index contributed by atoms with van der Waals surface area (Å²) in [5.74, 6) is -1.35. The molecule has 0 aromatic heterocycles. The van der Waals surface area contributed by atoms with Crippen molar-refractivity contribution in [1.29, 1.82) is 0 Å². The highest BCUT2D eigenvalue weighted by Gasteiger charge is 2.47. The van der Waals surface area contributed by atoms with Gasteiger partial charge in [-0.1, -0.05) is 23.7 Å². The molecule has 2 aliphatic rings. The molecule has 7 nitrogen and oxygen atoms in total. The van der Waals surface area contributed by atoms with Gasteiger partial charge in [0.05, 0.1) is 29.3 Å². The molecule has 0 saturated carbocycles. The highest BCUT2D eigenvalue weighted by molar-refractivity contribution is 6.46. The minimum Gasteiger partial charge on any atom is -0.508 e. The number of carbonyl (C=O) groups is 2. The van der Waals surface area contributed by atoms with Crippen molar-refractivity contribution in [2.75, 3.05) is 19.8 Å². The average Bonchev–Trinajstić information content (AvgIpc) is 3.38. The highest BCUT2D eigenvalue weighted by atomic mass is 35.5. The SMILES string of the molecule is CCOc1cc(/C(O)=C2/C(=O)C(=O)N(CC3CCCO3)C2c2ccc(O)cc2)ccc1Cl. The van der Waals surface area contributed by atoms with Crippen LogP contribution in [0.4, 0.5) is 0 Å². The molecule has 1 amide bonds. The Hall–Kier alpha value is -3.03. The van der Waals surface area contributed by atoms with E-state index in [2.05, 4.69) is 0 Å². The second-order valence-corrected chi connectivity index (χ2v) is 8.16. The number of halogens is 1. The van der Waals surface area contributed by atoms with Crippen LogP contribution in [-0.4, -0.2) is 52.7 Å². The molecular formula is C24H24ClNO6. The molecular weight excluding hydrogens is 434 g/mol. The summed E-state index contributed by atoms with van der Waals surface area (Å²) in [7, 11) is 0. The van der Waals surface area contributed by atoms with Crippen LogP contribution in [-0.2, 0) is 14.3 Å². The third-order valence-corrected chi connectivity index (χ3v) is 5.99. The van der Waals surface area contributed by atoms with Crippen molar-refractivity contribution in [3.05, 3.63) is 64.2 Å². The van der Waals surface area contributed by atoms with E-state index in [0.29, 0.717) is 35.1 Å². The lowest BCUT2D eigenvalue weighted by atomic mass is 9.95. The molecule has 8 heteroatoms. The topological polar surface area (TPSA) is 96.3 Å². The third kappa shape index (κ3) is 4.18. The van der Waals surface area contributed by atoms with Crippen LogP contribution in [0.3, 0.4) is 0 Å². The Labute approximate surface area is 190 Å². The average molecular weight is 458 g/mol. The first-order valence-electron chi connectivity index (χ1n) is 10.5. The summed E-state index contributed by atoms with van der Waals surface area (Å²) in [6.45, 7) is 3.04. The van der Waals surface area contributed by atoms with Gasteiger partial charge in [0.15, 0.2) is 0 Å². The van der Waals surface area contributed by atoms with E-state index < -0.39 is 17.7 Å². The lowest BCUT2D eigenvalue weighted by Gasteiger charge is -2.27. The fourth-order valence-corrected chi connectivity index (χ4v) is 4.32. The van der Waals surface area contributed by atoms with Crippen molar-refractivity contribution in [2.45, 2.75) is 31.9 Å². The summed E-state index contributed by atoms with van der Waals surface area (Å²) in [4.78, 5) is 27.5. The van der Waals surface area contributed by atoms with Gasteiger partial charge in [-0.3, -0.25) is 9.59 Å². The third-order valence-electron chi connectivity index (χ3n) is 5.68. The van der Waals surface area contributed by atoms with Crippen LogP contribution in [0.1, 0.15) is 36.9 Å². The first-order chi connectivity index (χ1) is 15.4. The number of likely N-dealkylation sites (tertiary alicyclic amines) is 1. The van der Waals surface area contributed by atoms with Crippen LogP contribution in [0.25, 0.3) is 5.76 Å². The van der Waals surface area contributed by atoms with Crippen LogP contribution in [0, 0.1) is 0 Å². The van der Waals surface area contributed by atoms with Crippen molar-refractivity contribution in [2.24, 2.45) is 0 Å². The number of hydrogen-bond donors (Lipinski definition) is 2. The molecule has 2 atom stereocenters. The molecule has 0 bridgehead atoms. The number of ether oxygens (including phenoxy) is 2. The lowest BCUT2D eigenvalue weighted by molar-refractivity contribution is -0.140. The molecule has 168 valence electrons. The molecule has 2 unspecified atom stereocenters. The number of nitrogens with zero attached hydrogens (tertiary/aromatic N) is 1. The van der Waals surface area contributed by atoms with E-state index in [0.717, 1.165) is 12.8 Å². The number of amides is 1. The van der Waals surface area contributed by atoms with Gasteiger partial charge in [-0.25, -0.2) is 0 Å². The van der Waals surface area contributed by atoms with E-state index in [1.807, 2.05) is 6.92 Å². The highest BCUT2D eigenvalue weighted by Crippen LogP contribution is 2.41. The summed E-state index contributed by atoms with van der Waals surface area (Å²) < 4.78 is 11.2. The number of benzene rings is 2. The summed E-state index contributed by atoms with van der Waals surface area (Å²) >= 11 is 6.16. The molecule has 2 heterocycles. The Balaban J connectivity index is 1.82. The summed E-state index contributed by atoms with van der Waals surface area (Å²) in [6, 6.07) is 10.1. The van der Waals surface area contributed by atoms with Crippen LogP contribution < -0.4 is 4.74 Å². The standard InChI is InChI=1S/C24H24ClNO6/c1-2-31-19-12-15(7-10-18(19)25)22(28)20-21(14-5-8-16(27)9-6-14)26(24(30)23(20)29)13-17-4-3-11-32-17/h5-10,12,17,21,27-28H,2-4,11,13H2,1H3/b22-20-. The summed E-state index contributed by atoms with van der Waals surface area (Å²) in [5.41, 5.74) is 0.890. The van der Waals surface area contributed by atoms with E-state index >= 15 is 0 Å². The Bertz CT molecular complexity index is 1060. The molecule has 0 spiro atoms. The second kappa shape index (κ2) is 9.22. The van der Waals surface area contributed by atoms with E-state index in [9.17, 15) is 19.8 Å². The molecule has 2 aliphatic heterocycles. The van der Waals surface area contributed by atoms with Gasteiger partial charge in [0.25, 0.3) is 11.7 Å². The minimum atomic E-state index is -0.814. The first kappa shape index (κ1) is 22.2. The summed E-state index contributed by atoms with van der Waals surface area (Å²) in [5, 5.41) is 21.2. The van der Waals surface area contributed by atoms with Gasteiger partial charge < -0.3 is 24.6 Å². The number of hydrogen-bond acceptors (Lipinski definition) is 6. The number of aliphatic hydroxyl groups excluding tert-OH is 1. The predicted octanol–water partition coefficient (Wildman–Crippen LogP) is 4.05. The van der Waals surface area contributed by atoms with Crippen molar-refractivity contribution in [3.8, 4) is 11.5 Å². The fraction of sp³-hybridized carbons (Fsp3) is 0.333. The normalized spacial score (nSPS) is 22.5. The molecule has 2 saturated heterocycles. The zero-order chi connectivity index (χ0) is 22.8. The zero-order valence-electron chi connectivity index (χ0n) is 17.6. The van der Waals surface area contributed by atoms with E-state index in [4.69, 9.17) is 21.1 Å². The Kier molecular flexibility index (Phi) is 6.39. The van der Waals surface area contributed by atoms with Gasteiger partial charge in [-0.05, 0) is 55.7 Å². The van der Waals surface area contributed by atoms with E-state index in [1.165, 1.54) is 17.0 Å². The van der Waals surface area contributed by atoms with Gasteiger partial charge >= 0.3 is 0 Å². The van der Waals surface area contributed by atoms with Gasteiger partial charge in [0.2, 0.25) is 0 Å². The number of aromatic hydroxyl groups is 1. The maximum absolute atomic E-state index is 13.1. The first-order valence-corrected chi connectivity index (χ1v) is 10.9. The largest absolute Gasteiger partial charge is 0.508 e. The number of rotatable bonds is 6. The number of Topliss-reactive ketones (excluding diaryl/α,β-unsaturated/α-hetero) is 1. The van der Waals surface area contributed by atoms with Crippen LogP contribution in [0.2, 0.25) is 5.02 Å². The molecule has 0 aliphatic carbocycles. The quantitative estimate of drug-likeness (QED) is 0.386. The Morgan fingerprint density at radius 2 is 1.97 bits per heavy atom. The number of ketones is 1. The number of aliphatic hydroxyl groups is 1. The zero-order valence-corrected chi connectivity index (χ0v) is 18.3. The van der Waals surface area contributed by atoms with Crippen molar-refractivity contribution in [3.63, 3.8) is 0 Å². The lowest BCUT2D eigenvalue weighted by Crippen LogP contribution is -2.36. The van der Waals surface area contributed by atoms with Crippen molar-refractivity contribution in [1.82, 2.24) is 4.90 Å². The van der Waals surface area contributed by atoms with Crippen LogP contribution in [0.5, 0.6) is 11.5 Å². The monoisotopic (exact) mass is 457 g/mol. The molecule has 32 heavy (non-hydrogen) atoms. The minimum absolute atomic E-state index is 0.0246. The van der Waals surface area contributed by atoms with Gasteiger partial charge in [-0.2, -0.15) is 0 Å². The molecule has 0 radical (unpaired) electrons. The molecule has 4 rings (SSSR count). The van der Waals surface area contributed by atoms with E-state index in [1.54, 1.807) is 30.3 Å². The Morgan fingerprint density at radius 1 is 1.22 bits per heavy atom. The molecule has 2 aromatic rings. The smallest absolute Gasteiger partial charge is 0.295 e. The van der Waals surface area contributed by atoms with Gasteiger partial charge in [0, 0.05) is 18.7 Å². The summed E-state index contributed by atoms with van der Waals surface area (Å²) in [6.07, 6.45) is 1.51. The number of carbonyl (C=O) groups excluding carboxylic acids is 2. The maximum atomic E-state index is 13.1. The molecule has 2 aromatic carbocycles. The molecule has 2 N–H and O–H groups in total. The number of phenols is 1. The fourth-order valence-electron chi connectivity index (χ4n) is 4.15. The maximum Gasteiger partial charge on any atom is 0.295 e. The van der Waals surface area contributed by atoms with Gasteiger partial charge in [0.1, 0.15) is 17.3 Å². The van der Waals surface area contributed by atoms with Crippen LogP contribution in [0.15, 0.2) is 48.0 Å². The second-order valence-electron chi connectivity index (χ2n) is 7.76. The number of phenolic OH excluding ortho intramolecular Hbond substituents is 1. The van der Waals surface area contributed by atoms with Crippen LogP contribution >= 0.6 is 11.6 Å². The Morgan fingerprint density at radius 3 is 2.62 bits per heavy atom. The van der Waals surface area contributed by atoms with Crippen molar-refractivity contribution >= 4 is 29.1 Å².